The van der Waals surface area contributed by atoms with Gasteiger partial charge in [0.15, 0.2) is 0 Å². The molecule has 2 aromatic carbocycles. The quantitative estimate of drug-likeness (QED) is 0.202. The molecule has 0 aromatic heterocycles. The van der Waals surface area contributed by atoms with Crippen molar-refractivity contribution in [1.29, 1.82) is 0 Å². The lowest BCUT2D eigenvalue weighted by molar-refractivity contribution is -0.119. The Morgan fingerprint density at radius 2 is 0.857 bits per heavy atom. The molecule has 3 nitrogen and oxygen atoms in total. The van der Waals surface area contributed by atoms with Crippen LogP contribution in [0.5, 0.6) is 0 Å². The van der Waals surface area contributed by atoms with E-state index < -0.39 is 0 Å². The molecule has 0 aliphatic heterocycles. The number of carbonyl (C=O) groups is 3. The van der Waals surface area contributed by atoms with Gasteiger partial charge in [-0.2, -0.15) is 0 Å². The van der Waals surface area contributed by atoms with E-state index in [4.69, 9.17) is 0 Å². The van der Waals surface area contributed by atoms with E-state index in [1.807, 2.05) is 13.8 Å². The maximum Gasteiger partial charge on any atom is 0.133 e. The number of hydrogen-bond donors (Lipinski definition) is 0. The van der Waals surface area contributed by atoms with Crippen LogP contribution in [-0.2, 0) is 27.2 Å². The third-order valence-electron chi connectivity index (χ3n) is 10.4. The lowest BCUT2D eigenvalue weighted by Crippen LogP contribution is -2.14. The van der Waals surface area contributed by atoms with E-state index in [9.17, 15) is 14.4 Å². The van der Waals surface area contributed by atoms with Crippen LogP contribution in [0, 0.1) is 11.8 Å². The van der Waals surface area contributed by atoms with Gasteiger partial charge in [0.2, 0.25) is 0 Å². The second-order valence-electron chi connectivity index (χ2n) is 13.3. The summed E-state index contributed by atoms with van der Waals surface area (Å²) in [5.74, 6) is 3.89. The predicted molar refractivity (Wildman–Crippen MR) is 173 cm³/mol. The lowest BCUT2D eigenvalue weighted by atomic mass is 9.77. The fourth-order valence-corrected chi connectivity index (χ4v) is 7.26. The zero-order chi connectivity index (χ0) is 29.7. The summed E-state index contributed by atoms with van der Waals surface area (Å²) < 4.78 is 0. The molecule has 0 heterocycles. The highest BCUT2D eigenvalue weighted by atomic mass is 16.1. The zero-order valence-electron chi connectivity index (χ0n) is 26.4. The van der Waals surface area contributed by atoms with Gasteiger partial charge >= 0.3 is 0 Å². The smallest absolute Gasteiger partial charge is 0.133 e. The van der Waals surface area contributed by atoms with E-state index in [-0.39, 0.29) is 0 Å². The molecule has 4 rings (SSSR count). The van der Waals surface area contributed by atoms with Crippen LogP contribution in [0.4, 0.5) is 0 Å². The Kier molecular flexibility index (Phi) is 13.0. The van der Waals surface area contributed by atoms with Gasteiger partial charge in [0.1, 0.15) is 17.3 Å². The first-order valence-corrected chi connectivity index (χ1v) is 17.2. The van der Waals surface area contributed by atoms with Crippen LogP contribution in [0.3, 0.4) is 0 Å². The van der Waals surface area contributed by atoms with Gasteiger partial charge in [-0.1, -0.05) is 62.4 Å². The SMILES string of the molecule is CCC(=O)CCC1CCC(c2ccc(CCC(=O)CCc3ccc([C@H]4CC[C@H](CCC(=O)CC)CC4)cc3)cc2)CC1. The van der Waals surface area contributed by atoms with Crippen LogP contribution >= 0.6 is 0 Å². The predicted octanol–water partition coefficient (Wildman–Crippen LogP) is 9.89. The van der Waals surface area contributed by atoms with E-state index in [0.29, 0.717) is 54.9 Å². The highest BCUT2D eigenvalue weighted by molar-refractivity contribution is 5.79. The molecule has 2 fully saturated rings. The number of benzene rings is 2. The van der Waals surface area contributed by atoms with E-state index in [2.05, 4.69) is 48.5 Å². The summed E-state index contributed by atoms with van der Waals surface area (Å²) in [4.78, 5) is 36.0. The molecule has 0 radical (unpaired) electrons. The Hall–Kier alpha value is -2.55. The van der Waals surface area contributed by atoms with E-state index >= 15 is 0 Å². The topological polar surface area (TPSA) is 51.2 Å². The summed E-state index contributed by atoms with van der Waals surface area (Å²) in [7, 11) is 0. The molecule has 228 valence electrons. The summed E-state index contributed by atoms with van der Waals surface area (Å²) >= 11 is 0. The number of Topliss-reactive ketones (excluding diaryl/α,β-unsaturated/α-hetero) is 3. The van der Waals surface area contributed by atoms with Crippen molar-refractivity contribution >= 4 is 17.3 Å². The Labute approximate surface area is 255 Å². The van der Waals surface area contributed by atoms with Gasteiger partial charge in [-0.25, -0.2) is 0 Å². The van der Waals surface area contributed by atoms with Gasteiger partial charge in [-0.15, -0.1) is 0 Å². The highest BCUT2D eigenvalue weighted by Gasteiger charge is 2.24. The average Bonchev–Trinajstić information content (AvgIpc) is 3.05. The second-order valence-corrected chi connectivity index (χ2v) is 13.3. The number of rotatable bonds is 16. The van der Waals surface area contributed by atoms with Gasteiger partial charge in [-0.05, 0) is 123 Å². The first-order valence-electron chi connectivity index (χ1n) is 17.2. The maximum absolute atomic E-state index is 12.7. The van der Waals surface area contributed by atoms with Gasteiger partial charge in [-0.3, -0.25) is 14.4 Å². The number of carbonyl (C=O) groups excluding carboxylic acids is 3. The van der Waals surface area contributed by atoms with Gasteiger partial charge in [0, 0.05) is 38.5 Å². The minimum atomic E-state index is 0.350. The van der Waals surface area contributed by atoms with Crippen molar-refractivity contribution in [3.05, 3.63) is 70.8 Å². The van der Waals surface area contributed by atoms with Crippen LogP contribution in [-0.4, -0.2) is 17.3 Å². The van der Waals surface area contributed by atoms with Crippen molar-refractivity contribution in [1.82, 2.24) is 0 Å². The van der Waals surface area contributed by atoms with Crippen molar-refractivity contribution in [2.75, 3.05) is 0 Å². The third kappa shape index (κ3) is 10.3. The Bertz CT molecular complexity index is 1020. The average molecular weight is 571 g/mol. The van der Waals surface area contributed by atoms with Crippen LogP contribution in [0.25, 0.3) is 0 Å². The van der Waals surface area contributed by atoms with Crippen molar-refractivity contribution < 1.29 is 14.4 Å². The fraction of sp³-hybridized carbons (Fsp3) is 0.615. The van der Waals surface area contributed by atoms with Crippen LogP contribution in [0.1, 0.15) is 151 Å². The molecule has 42 heavy (non-hydrogen) atoms. The zero-order valence-corrected chi connectivity index (χ0v) is 26.4. The highest BCUT2D eigenvalue weighted by Crippen LogP contribution is 2.39. The molecule has 0 atom stereocenters. The second kappa shape index (κ2) is 16.9. The molecule has 2 aromatic rings. The maximum atomic E-state index is 12.7. The molecule has 0 saturated heterocycles. The molecular weight excluding hydrogens is 516 g/mol. The Balaban J connectivity index is 1.12. The number of aryl methyl sites for hydroxylation is 2. The minimum absolute atomic E-state index is 0.350. The Morgan fingerprint density at radius 1 is 0.500 bits per heavy atom. The molecule has 0 N–H and O–H groups in total. The minimum Gasteiger partial charge on any atom is -0.300 e. The molecule has 0 bridgehead atoms. The van der Waals surface area contributed by atoms with Crippen molar-refractivity contribution in [3.8, 4) is 0 Å². The molecule has 3 heteroatoms. The summed E-state index contributed by atoms with van der Waals surface area (Å²) in [6.07, 6.45) is 17.8. The monoisotopic (exact) mass is 570 g/mol. The molecule has 0 amide bonds. The van der Waals surface area contributed by atoms with Gasteiger partial charge in [0.05, 0.1) is 0 Å². The normalized spacial score (nSPS) is 22.5. The van der Waals surface area contributed by atoms with Crippen LogP contribution in [0.15, 0.2) is 48.5 Å². The number of ketones is 3. The molecule has 2 saturated carbocycles. The van der Waals surface area contributed by atoms with Crippen molar-refractivity contribution in [2.45, 2.75) is 141 Å². The summed E-state index contributed by atoms with van der Waals surface area (Å²) in [6, 6.07) is 18.0. The number of hydrogen-bond acceptors (Lipinski definition) is 3. The summed E-state index contributed by atoms with van der Waals surface area (Å²) in [6.45, 7) is 3.93. The van der Waals surface area contributed by atoms with E-state index in [1.165, 1.54) is 73.6 Å². The molecule has 2 aliphatic rings. The molecule has 2 aliphatic carbocycles. The molecule has 0 unspecified atom stereocenters. The Morgan fingerprint density at radius 3 is 1.19 bits per heavy atom. The first kappa shape index (κ1) is 32.4. The van der Waals surface area contributed by atoms with Gasteiger partial charge < -0.3 is 0 Å². The largest absolute Gasteiger partial charge is 0.300 e. The lowest BCUT2D eigenvalue weighted by Gasteiger charge is -2.28. The summed E-state index contributed by atoms with van der Waals surface area (Å²) in [5.41, 5.74) is 5.39. The van der Waals surface area contributed by atoms with E-state index in [1.54, 1.807) is 0 Å². The molecular formula is C39H54O3. The standard InChI is InChI=1S/C39H54O3/c1-3-37(40)25-13-29-5-17-33(18-6-29)35-21-9-31(10-22-35)15-27-39(42)28-16-32-11-23-36(24-12-32)34-19-7-30(8-20-34)14-26-38(41)4-2/h9-12,21-24,29-30,33-34H,3-8,13-20,25-28H2,1-2H3/t29-,30?,33-,34?. The van der Waals surface area contributed by atoms with Crippen molar-refractivity contribution in [2.24, 2.45) is 11.8 Å². The van der Waals surface area contributed by atoms with Crippen LogP contribution in [0.2, 0.25) is 0 Å². The fourth-order valence-electron chi connectivity index (χ4n) is 7.26. The van der Waals surface area contributed by atoms with Crippen molar-refractivity contribution in [3.63, 3.8) is 0 Å². The van der Waals surface area contributed by atoms with Crippen LogP contribution < -0.4 is 0 Å². The first-order chi connectivity index (χ1) is 20.4. The van der Waals surface area contributed by atoms with Gasteiger partial charge in [0.25, 0.3) is 0 Å². The summed E-state index contributed by atoms with van der Waals surface area (Å²) in [5, 5.41) is 0. The molecule has 0 spiro atoms. The third-order valence-corrected chi connectivity index (χ3v) is 10.4. The van der Waals surface area contributed by atoms with E-state index in [0.717, 1.165) is 50.4 Å².